The van der Waals surface area contributed by atoms with Gasteiger partial charge in [-0.3, -0.25) is 4.79 Å². The molecule has 1 amide bonds. The molecule has 7 heteroatoms. The van der Waals surface area contributed by atoms with Crippen molar-refractivity contribution in [2.75, 3.05) is 5.32 Å². The fourth-order valence-electron chi connectivity index (χ4n) is 1.39. The number of rotatable bonds is 4. The molecule has 19 heavy (non-hydrogen) atoms. The Labute approximate surface area is 121 Å². The quantitative estimate of drug-likeness (QED) is 0.806. The Bertz CT molecular complexity index is 589. The standard InChI is InChI=1S/C12H8ClF2NOS2/c13-10-6-5-9(18-10)11(17)16-7-3-1-2-4-8(7)19-12(14)15/h1-6,12H,(H,16,17). The predicted octanol–water partition coefficient (Wildman–Crippen LogP) is 4.97. The molecule has 0 fully saturated rings. The first-order valence-electron chi connectivity index (χ1n) is 5.17. The second-order valence-electron chi connectivity index (χ2n) is 3.43. The molecule has 0 radical (unpaired) electrons. The zero-order valence-corrected chi connectivity index (χ0v) is 11.8. The van der Waals surface area contributed by atoms with Crippen LogP contribution in [0.2, 0.25) is 4.34 Å². The molecule has 0 atom stereocenters. The highest BCUT2D eigenvalue weighted by Gasteiger charge is 2.13. The maximum Gasteiger partial charge on any atom is 0.288 e. The normalized spacial score (nSPS) is 10.7. The van der Waals surface area contributed by atoms with Gasteiger partial charge in [0, 0.05) is 4.90 Å². The van der Waals surface area contributed by atoms with Crippen LogP contribution in [0, 0.1) is 0 Å². The Morgan fingerprint density at radius 2 is 2.00 bits per heavy atom. The molecule has 0 saturated heterocycles. The fraction of sp³-hybridized carbons (Fsp3) is 0.0833. The Balaban J connectivity index is 2.16. The number of para-hydroxylation sites is 1. The van der Waals surface area contributed by atoms with Crippen molar-refractivity contribution in [2.24, 2.45) is 0 Å². The molecule has 0 spiro atoms. The van der Waals surface area contributed by atoms with Gasteiger partial charge in [-0.15, -0.1) is 11.3 Å². The minimum absolute atomic E-state index is 0.327. The van der Waals surface area contributed by atoms with Gasteiger partial charge in [-0.2, -0.15) is 8.78 Å². The molecule has 2 aromatic rings. The van der Waals surface area contributed by atoms with E-state index in [9.17, 15) is 13.6 Å². The van der Waals surface area contributed by atoms with Crippen molar-refractivity contribution in [3.05, 3.63) is 45.6 Å². The van der Waals surface area contributed by atoms with Gasteiger partial charge >= 0.3 is 0 Å². The predicted molar refractivity (Wildman–Crippen MR) is 75.6 cm³/mol. The lowest BCUT2D eigenvalue weighted by Gasteiger charge is -2.09. The molecule has 100 valence electrons. The van der Waals surface area contributed by atoms with Crippen LogP contribution in [0.25, 0.3) is 0 Å². The molecule has 2 rings (SSSR count). The van der Waals surface area contributed by atoms with Crippen molar-refractivity contribution in [3.63, 3.8) is 0 Å². The Morgan fingerprint density at radius 1 is 1.26 bits per heavy atom. The number of thioether (sulfide) groups is 1. The van der Waals surface area contributed by atoms with Crippen LogP contribution >= 0.6 is 34.7 Å². The van der Waals surface area contributed by atoms with Crippen molar-refractivity contribution in [1.29, 1.82) is 0 Å². The molecule has 1 heterocycles. The SMILES string of the molecule is O=C(Nc1ccccc1SC(F)F)c1ccc(Cl)s1. The highest BCUT2D eigenvalue weighted by atomic mass is 35.5. The number of benzene rings is 1. The first-order chi connectivity index (χ1) is 9.06. The number of carbonyl (C=O) groups is 1. The van der Waals surface area contributed by atoms with E-state index >= 15 is 0 Å². The van der Waals surface area contributed by atoms with Crippen molar-refractivity contribution in [1.82, 2.24) is 0 Å². The summed E-state index contributed by atoms with van der Waals surface area (Å²) >= 11 is 7.27. The number of thiophene rings is 1. The molecule has 0 aliphatic rings. The van der Waals surface area contributed by atoms with Crippen LogP contribution in [0.15, 0.2) is 41.3 Å². The molecular formula is C12H8ClF2NOS2. The van der Waals surface area contributed by atoms with Gasteiger partial charge in [-0.25, -0.2) is 0 Å². The van der Waals surface area contributed by atoms with Crippen LogP contribution in [-0.4, -0.2) is 11.7 Å². The molecule has 2 nitrogen and oxygen atoms in total. The van der Waals surface area contributed by atoms with E-state index in [4.69, 9.17) is 11.6 Å². The van der Waals surface area contributed by atoms with E-state index in [-0.39, 0.29) is 5.91 Å². The summed E-state index contributed by atoms with van der Waals surface area (Å²) in [6.45, 7) is 0. The zero-order valence-electron chi connectivity index (χ0n) is 9.40. The topological polar surface area (TPSA) is 29.1 Å². The lowest BCUT2D eigenvalue weighted by atomic mass is 10.3. The summed E-state index contributed by atoms with van der Waals surface area (Å²) in [5.74, 6) is -2.89. The minimum atomic E-state index is -2.53. The number of hydrogen-bond donors (Lipinski definition) is 1. The highest BCUT2D eigenvalue weighted by Crippen LogP contribution is 2.32. The van der Waals surface area contributed by atoms with Gasteiger partial charge in [-0.05, 0) is 24.3 Å². The number of hydrogen-bond acceptors (Lipinski definition) is 3. The summed E-state index contributed by atoms with van der Waals surface area (Å²) < 4.78 is 25.3. The van der Waals surface area contributed by atoms with E-state index < -0.39 is 5.76 Å². The maximum atomic E-state index is 12.4. The number of alkyl halides is 2. The fourth-order valence-corrected chi connectivity index (χ4v) is 2.92. The van der Waals surface area contributed by atoms with Gasteiger partial charge in [0.2, 0.25) is 0 Å². The average Bonchev–Trinajstić information content (AvgIpc) is 2.78. The molecular weight excluding hydrogens is 312 g/mol. The second-order valence-corrected chi connectivity index (χ2v) is 6.18. The molecule has 1 aromatic carbocycles. The highest BCUT2D eigenvalue weighted by molar-refractivity contribution is 7.99. The first kappa shape index (κ1) is 14.3. The average molecular weight is 320 g/mol. The van der Waals surface area contributed by atoms with Crippen molar-refractivity contribution >= 4 is 46.3 Å². The molecule has 0 aliphatic heterocycles. The van der Waals surface area contributed by atoms with Gasteiger partial charge in [0.1, 0.15) is 0 Å². The molecule has 0 aliphatic carbocycles. The monoisotopic (exact) mass is 319 g/mol. The third-order valence-electron chi connectivity index (χ3n) is 2.15. The van der Waals surface area contributed by atoms with Crippen LogP contribution in [0.4, 0.5) is 14.5 Å². The van der Waals surface area contributed by atoms with Crippen LogP contribution < -0.4 is 5.32 Å². The van der Waals surface area contributed by atoms with Crippen LogP contribution in [0.3, 0.4) is 0 Å². The summed E-state index contributed by atoms with van der Waals surface area (Å²) in [5.41, 5.74) is 0.363. The number of halogens is 3. The molecule has 0 unspecified atom stereocenters. The summed E-state index contributed by atoms with van der Waals surface area (Å²) in [6, 6.07) is 9.63. The number of anilines is 1. The lowest BCUT2D eigenvalue weighted by molar-refractivity contribution is 0.103. The van der Waals surface area contributed by atoms with Gasteiger partial charge in [0.15, 0.2) is 0 Å². The number of amides is 1. The van der Waals surface area contributed by atoms with Crippen LogP contribution in [-0.2, 0) is 0 Å². The summed E-state index contributed by atoms with van der Waals surface area (Å²) in [4.78, 5) is 12.7. The Morgan fingerprint density at radius 3 is 2.63 bits per heavy atom. The van der Waals surface area contributed by atoms with Crippen molar-refractivity contribution < 1.29 is 13.6 Å². The smallest absolute Gasteiger partial charge is 0.288 e. The molecule has 1 N–H and O–H groups in total. The van der Waals surface area contributed by atoms with E-state index in [2.05, 4.69) is 5.32 Å². The van der Waals surface area contributed by atoms with Gasteiger partial charge in [0.05, 0.1) is 14.9 Å². The molecule has 0 saturated carbocycles. The Kier molecular flexibility index (Phi) is 4.79. The van der Waals surface area contributed by atoms with Crippen molar-refractivity contribution in [2.45, 2.75) is 10.7 Å². The van der Waals surface area contributed by atoms with Crippen molar-refractivity contribution in [3.8, 4) is 0 Å². The number of nitrogens with one attached hydrogen (secondary N) is 1. The van der Waals surface area contributed by atoms with E-state index in [1.165, 1.54) is 6.07 Å². The summed E-state index contributed by atoms with van der Waals surface area (Å²) in [6.07, 6.45) is 0. The Hall–Kier alpha value is -1.11. The van der Waals surface area contributed by atoms with Crippen LogP contribution in [0.1, 0.15) is 9.67 Å². The zero-order chi connectivity index (χ0) is 13.8. The van der Waals surface area contributed by atoms with E-state index in [1.807, 2.05) is 0 Å². The third-order valence-corrected chi connectivity index (χ3v) is 4.17. The van der Waals surface area contributed by atoms with Gasteiger partial charge < -0.3 is 5.32 Å². The van der Waals surface area contributed by atoms with E-state index in [1.54, 1.807) is 30.3 Å². The minimum Gasteiger partial charge on any atom is -0.320 e. The van der Waals surface area contributed by atoms with E-state index in [0.717, 1.165) is 11.3 Å². The summed E-state index contributed by atoms with van der Waals surface area (Å²) in [5, 5.41) is 2.60. The second kappa shape index (κ2) is 6.36. The van der Waals surface area contributed by atoms with E-state index in [0.29, 0.717) is 31.6 Å². The third kappa shape index (κ3) is 3.92. The maximum absolute atomic E-state index is 12.4. The molecule has 0 bridgehead atoms. The van der Waals surface area contributed by atoms with Gasteiger partial charge in [0.25, 0.3) is 11.7 Å². The molecule has 1 aromatic heterocycles. The first-order valence-corrected chi connectivity index (χ1v) is 7.24. The number of carbonyl (C=O) groups excluding carboxylic acids is 1. The summed E-state index contributed by atoms with van der Waals surface area (Å²) in [7, 11) is 0. The van der Waals surface area contributed by atoms with Gasteiger partial charge in [-0.1, -0.05) is 35.5 Å². The lowest BCUT2D eigenvalue weighted by Crippen LogP contribution is -2.10. The van der Waals surface area contributed by atoms with Crippen LogP contribution in [0.5, 0.6) is 0 Å². The largest absolute Gasteiger partial charge is 0.320 e.